The molecule has 1 unspecified atom stereocenters. The van der Waals surface area contributed by atoms with Crippen LogP contribution in [-0.4, -0.2) is 57.6 Å². The highest BCUT2D eigenvalue weighted by Gasteiger charge is 2.37. The number of anilines is 1. The van der Waals surface area contributed by atoms with E-state index in [4.69, 9.17) is 4.74 Å². The lowest BCUT2D eigenvalue weighted by Crippen LogP contribution is -2.42. The summed E-state index contributed by atoms with van der Waals surface area (Å²) in [7, 11) is 4.09. The fourth-order valence-electron chi connectivity index (χ4n) is 4.15. The molecule has 0 N–H and O–H groups in total. The summed E-state index contributed by atoms with van der Waals surface area (Å²) >= 11 is 0. The van der Waals surface area contributed by atoms with Gasteiger partial charge in [-0.2, -0.15) is 0 Å². The first-order valence-electron chi connectivity index (χ1n) is 10.2. The first-order chi connectivity index (χ1) is 13.5. The van der Waals surface area contributed by atoms with Gasteiger partial charge >= 0.3 is 0 Å². The Bertz CT molecular complexity index is 752. The molecule has 1 atom stereocenters. The molecule has 150 valence electrons. The summed E-state index contributed by atoms with van der Waals surface area (Å²) in [5.41, 5.74) is 2.75. The van der Waals surface area contributed by atoms with Gasteiger partial charge in [0.2, 0.25) is 0 Å². The van der Waals surface area contributed by atoms with Crippen LogP contribution in [0.15, 0.2) is 54.6 Å². The molecule has 4 heteroatoms. The average molecular weight is 381 g/mol. The highest BCUT2D eigenvalue weighted by molar-refractivity contribution is 6.01. The Labute approximate surface area is 169 Å². The quantitative estimate of drug-likeness (QED) is 0.650. The summed E-state index contributed by atoms with van der Waals surface area (Å²) in [4.78, 5) is 18.1. The largest absolute Gasteiger partial charge is 0.378 e. The number of ketones is 1. The van der Waals surface area contributed by atoms with E-state index in [2.05, 4.69) is 41.0 Å². The van der Waals surface area contributed by atoms with Crippen molar-refractivity contribution in [3.05, 3.63) is 65.7 Å². The van der Waals surface area contributed by atoms with Crippen molar-refractivity contribution in [1.29, 1.82) is 0 Å². The van der Waals surface area contributed by atoms with Gasteiger partial charge in [0.25, 0.3) is 0 Å². The molecule has 0 saturated carbocycles. The molecule has 1 saturated heterocycles. The van der Waals surface area contributed by atoms with E-state index in [1.54, 1.807) is 0 Å². The number of rotatable bonds is 8. The van der Waals surface area contributed by atoms with Gasteiger partial charge in [-0.1, -0.05) is 37.3 Å². The first kappa shape index (κ1) is 20.6. The van der Waals surface area contributed by atoms with Crippen molar-refractivity contribution < 1.29 is 9.53 Å². The zero-order valence-corrected chi connectivity index (χ0v) is 17.4. The normalized spacial score (nSPS) is 16.8. The Hall–Kier alpha value is -2.17. The highest BCUT2D eigenvalue weighted by atomic mass is 16.5. The maximum Gasteiger partial charge on any atom is 0.170 e. The average Bonchev–Trinajstić information content (AvgIpc) is 2.74. The second-order valence-electron chi connectivity index (χ2n) is 8.01. The number of morpholine rings is 1. The van der Waals surface area contributed by atoms with Gasteiger partial charge in [0.1, 0.15) is 0 Å². The van der Waals surface area contributed by atoms with Gasteiger partial charge < -0.3 is 14.5 Å². The lowest BCUT2D eigenvalue weighted by atomic mass is 9.73. The molecule has 0 aliphatic carbocycles. The number of benzene rings is 2. The van der Waals surface area contributed by atoms with E-state index < -0.39 is 5.41 Å². The Balaban J connectivity index is 1.85. The topological polar surface area (TPSA) is 32.8 Å². The summed E-state index contributed by atoms with van der Waals surface area (Å²) in [6, 6.07) is 18.5. The molecule has 0 radical (unpaired) electrons. The molecule has 1 fully saturated rings. The molecule has 28 heavy (non-hydrogen) atoms. The van der Waals surface area contributed by atoms with Crippen molar-refractivity contribution in [2.75, 3.05) is 51.8 Å². The van der Waals surface area contributed by atoms with E-state index in [9.17, 15) is 4.79 Å². The van der Waals surface area contributed by atoms with Crippen LogP contribution in [0.1, 0.15) is 29.3 Å². The molecule has 0 amide bonds. The van der Waals surface area contributed by atoms with Crippen LogP contribution in [0.3, 0.4) is 0 Å². The van der Waals surface area contributed by atoms with Crippen LogP contribution < -0.4 is 4.90 Å². The second kappa shape index (κ2) is 9.35. The molecule has 2 aromatic rings. The predicted molar refractivity (Wildman–Crippen MR) is 115 cm³/mol. The lowest BCUT2D eigenvalue weighted by Gasteiger charge is -2.34. The van der Waals surface area contributed by atoms with Crippen LogP contribution in [0.25, 0.3) is 0 Å². The van der Waals surface area contributed by atoms with E-state index in [1.165, 1.54) is 5.56 Å². The van der Waals surface area contributed by atoms with Crippen molar-refractivity contribution in [3.8, 4) is 0 Å². The number of hydrogen-bond acceptors (Lipinski definition) is 4. The molecule has 4 nitrogen and oxygen atoms in total. The monoisotopic (exact) mass is 380 g/mol. The number of Topliss-reactive ketones (excluding diaryl/α,β-unsaturated/α-hetero) is 1. The van der Waals surface area contributed by atoms with Crippen LogP contribution >= 0.6 is 0 Å². The summed E-state index contributed by atoms with van der Waals surface area (Å²) in [6.45, 7) is 6.20. The minimum absolute atomic E-state index is 0.237. The standard InChI is InChI=1S/C24H32N2O2/c1-4-24(19-25(2)3,18-20-8-6-5-7-9-20)23(27)21-10-12-22(13-11-21)26-14-16-28-17-15-26/h5-13H,4,14-19H2,1-3H3. The van der Waals surface area contributed by atoms with Gasteiger partial charge in [0, 0.05) is 30.9 Å². The molecular formula is C24H32N2O2. The molecule has 0 aromatic heterocycles. The molecule has 1 aliphatic heterocycles. The Morgan fingerprint density at radius 1 is 1.04 bits per heavy atom. The van der Waals surface area contributed by atoms with Gasteiger partial charge in [0.05, 0.1) is 18.6 Å². The third-order valence-corrected chi connectivity index (χ3v) is 5.67. The maximum absolute atomic E-state index is 13.7. The number of carbonyl (C=O) groups excluding carboxylic acids is 1. The third-order valence-electron chi connectivity index (χ3n) is 5.67. The number of ether oxygens (including phenoxy) is 1. The molecule has 0 bridgehead atoms. The minimum atomic E-state index is -0.425. The second-order valence-corrected chi connectivity index (χ2v) is 8.01. The third kappa shape index (κ3) is 4.81. The fraction of sp³-hybridized carbons (Fsp3) is 0.458. The van der Waals surface area contributed by atoms with Crippen molar-refractivity contribution in [3.63, 3.8) is 0 Å². The van der Waals surface area contributed by atoms with Crippen LogP contribution in [0, 0.1) is 5.41 Å². The molecule has 1 aliphatic rings. The van der Waals surface area contributed by atoms with E-state index >= 15 is 0 Å². The van der Waals surface area contributed by atoms with Crippen LogP contribution in [0.2, 0.25) is 0 Å². The Morgan fingerprint density at radius 2 is 1.68 bits per heavy atom. The van der Waals surface area contributed by atoms with Crippen molar-refractivity contribution in [2.45, 2.75) is 19.8 Å². The fourth-order valence-corrected chi connectivity index (χ4v) is 4.15. The molecule has 0 spiro atoms. The summed E-state index contributed by atoms with van der Waals surface area (Å²) in [5, 5.41) is 0. The Morgan fingerprint density at radius 3 is 2.25 bits per heavy atom. The summed E-state index contributed by atoms with van der Waals surface area (Å²) < 4.78 is 5.44. The van der Waals surface area contributed by atoms with E-state index in [-0.39, 0.29) is 5.78 Å². The van der Waals surface area contributed by atoms with Crippen LogP contribution in [0.5, 0.6) is 0 Å². The van der Waals surface area contributed by atoms with Gasteiger partial charge in [-0.3, -0.25) is 4.79 Å². The van der Waals surface area contributed by atoms with Crippen molar-refractivity contribution in [1.82, 2.24) is 4.90 Å². The zero-order valence-electron chi connectivity index (χ0n) is 17.4. The minimum Gasteiger partial charge on any atom is -0.378 e. The van der Waals surface area contributed by atoms with Crippen molar-refractivity contribution in [2.24, 2.45) is 5.41 Å². The van der Waals surface area contributed by atoms with Crippen LogP contribution in [0.4, 0.5) is 5.69 Å². The van der Waals surface area contributed by atoms with Crippen molar-refractivity contribution >= 4 is 11.5 Å². The predicted octanol–water partition coefficient (Wildman–Crippen LogP) is 3.91. The van der Waals surface area contributed by atoms with Crippen LogP contribution in [-0.2, 0) is 11.2 Å². The van der Waals surface area contributed by atoms with E-state index in [0.717, 1.165) is 56.9 Å². The maximum atomic E-state index is 13.7. The lowest BCUT2D eigenvalue weighted by molar-refractivity contribution is 0.0724. The van der Waals surface area contributed by atoms with Gasteiger partial charge in [-0.05, 0) is 56.8 Å². The van der Waals surface area contributed by atoms with Gasteiger partial charge in [-0.15, -0.1) is 0 Å². The SMILES string of the molecule is CCC(Cc1ccccc1)(CN(C)C)C(=O)c1ccc(N2CCOCC2)cc1. The number of nitrogens with zero attached hydrogens (tertiary/aromatic N) is 2. The molecule has 2 aromatic carbocycles. The summed E-state index contributed by atoms with van der Waals surface area (Å²) in [6.07, 6.45) is 1.57. The summed E-state index contributed by atoms with van der Waals surface area (Å²) in [5.74, 6) is 0.237. The first-order valence-corrected chi connectivity index (χ1v) is 10.2. The zero-order chi connectivity index (χ0) is 20.0. The van der Waals surface area contributed by atoms with E-state index in [1.807, 2.05) is 44.4 Å². The molecular weight excluding hydrogens is 348 g/mol. The van der Waals surface area contributed by atoms with Gasteiger partial charge in [-0.25, -0.2) is 0 Å². The number of carbonyl (C=O) groups is 1. The highest BCUT2D eigenvalue weighted by Crippen LogP contribution is 2.33. The number of hydrogen-bond donors (Lipinski definition) is 0. The smallest absolute Gasteiger partial charge is 0.170 e. The molecule has 1 heterocycles. The van der Waals surface area contributed by atoms with Gasteiger partial charge in [0.15, 0.2) is 5.78 Å². The van der Waals surface area contributed by atoms with E-state index in [0.29, 0.717) is 0 Å². The Kier molecular flexibility index (Phi) is 6.87. The molecule has 3 rings (SSSR count).